The molecule has 0 aromatic rings. The van der Waals surface area contributed by atoms with Gasteiger partial charge in [-0.3, -0.25) is 0 Å². The average molecular weight is 156 g/mol. The van der Waals surface area contributed by atoms with Crippen LogP contribution in [0.5, 0.6) is 0 Å². The van der Waals surface area contributed by atoms with Gasteiger partial charge in [-0.05, 0) is 19.3 Å². The molecule has 11 heavy (non-hydrogen) atoms. The van der Waals surface area contributed by atoms with Crippen LogP contribution in [-0.2, 0) is 0 Å². The molecular formula is C10H17F. The highest BCUT2D eigenvalue weighted by atomic mass is 19.1. The Labute approximate surface area is 68.5 Å². The molecule has 0 N–H and O–H groups in total. The number of hydrogen-bond acceptors (Lipinski definition) is 0. The largest absolute Gasteiger partial charge is 0.243 e. The summed E-state index contributed by atoms with van der Waals surface area (Å²) in [5, 5.41) is 0. The second kappa shape index (κ2) is 5.34. The summed E-state index contributed by atoms with van der Waals surface area (Å²) in [6, 6.07) is 0. The zero-order chi connectivity index (χ0) is 7.94. The van der Waals surface area contributed by atoms with Crippen molar-refractivity contribution in [2.75, 3.05) is 0 Å². The molecule has 1 heteroatoms. The van der Waals surface area contributed by atoms with Gasteiger partial charge in [-0.15, -0.1) is 0 Å². The van der Waals surface area contributed by atoms with Crippen LogP contribution in [0, 0.1) is 0 Å². The van der Waals surface area contributed by atoms with Gasteiger partial charge in [-0.25, -0.2) is 4.39 Å². The SMILES string of the molecule is FC1/C=C\CCCCCCC1. The van der Waals surface area contributed by atoms with Crippen LogP contribution in [0.25, 0.3) is 0 Å². The average Bonchev–Trinajstić information content (AvgIpc) is 2.03. The second-order valence-corrected chi connectivity index (χ2v) is 3.29. The Bertz CT molecular complexity index is 118. The monoisotopic (exact) mass is 156 g/mol. The normalized spacial score (nSPS) is 31.2. The summed E-state index contributed by atoms with van der Waals surface area (Å²) in [7, 11) is 0. The predicted molar refractivity (Wildman–Crippen MR) is 46.4 cm³/mol. The van der Waals surface area contributed by atoms with E-state index in [0.717, 1.165) is 19.3 Å². The highest BCUT2D eigenvalue weighted by molar-refractivity contribution is 4.89. The molecule has 64 valence electrons. The minimum absolute atomic E-state index is 0.673. The van der Waals surface area contributed by atoms with Gasteiger partial charge in [0.05, 0.1) is 0 Å². The van der Waals surface area contributed by atoms with Crippen molar-refractivity contribution in [3.8, 4) is 0 Å². The minimum Gasteiger partial charge on any atom is -0.243 e. The fourth-order valence-corrected chi connectivity index (χ4v) is 1.47. The van der Waals surface area contributed by atoms with E-state index in [2.05, 4.69) is 0 Å². The Morgan fingerprint density at radius 2 is 1.73 bits per heavy atom. The van der Waals surface area contributed by atoms with Crippen molar-refractivity contribution in [2.24, 2.45) is 0 Å². The third kappa shape index (κ3) is 4.18. The van der Waals surface area contributed by atoms with Gasteiger partial charge in [0.15, 0.2) is 0 Å². The second-order valence-electron chi connectivity index (χ2n) is 3.29. The highest BCUT2D eigenvalue weighted by Crippen LogP contribution is 2.13. The molecule has 0 aromatic heterocycles. The predicted octanol–water partition coefficient (Wildman–Crippen LogP) is 3.63. The molecular weight excluding hydrogens is 139 g/mol. The molecule has 0 bridgehead atoms. The molecule has 0 heterocycles. The van der Waals surface area contributed by atoms with Crippen LogP contribution in [0.1, 0.15) is 44.9 Å². The topological polar surface area (TPSA) is 0 Å². The third-order valence-corrected chi connectivity index (χ3v) is 2.20. The van der Waals surface area contributed by atoms with Crippen LogP contribution in [0.3, 0.4) is 0 Å². The smallest absolute Gasteiger partial charge is 0.118 e. The standard InChI is InChI=1S/C10H17F/c11-10-8-6-4-2-1-3-5-7-9-10/h6,8,10H,1-5,7,9H2/b8-6-. The molecule has 1 rings (SSSR count). The van der Waals surface area contributed by atoms with Crippen LogP contribution in [0.4, 0.5) is 4.39 Å². The lowest BCUT2D eigenvalue weighted by molar-refractivity contribution is 0.361. The number of alkyl halides is 1. The van der Waals surface area contributed by atoms with E-state index >= 15 is 0 Å². The first-order valence-corrected chi connectivity index (χ1v) is 4.70. The maximum absolute atomic E-state index is 12.9. The lowest BCUT2D eigenvalue weighted by atomic mass is 10.0. The Hall–Kier alpha value is -0.330. The maximum atomic E-state index is 12.9. The van der Waals surface area contributed by atoms with Gasteiger partial charge in [0.1, 0.15) is 6.17 Å². The van der Waals surface area contributed by atoms with Crippen LogP contribution in [-0.4, -0.2) is 6.17 Å². The molecule has 0 aromatic carbocycles. The lowest BCUT2D eigenvalue weighted by Crippen LogP contribution is -1.95. The number of rotatable bonds is 0. The van der Waals surface area contributed by atoms with E-state index in [9.17, 15) is 4.39 Å². The molecule has 0 amide bonds. The van der Waals surface area contributed by atoms with Gasteiger partial charge < -0.3 is 0 Å². The Kier molecular flexibility index (Phi) is 4.25. The van der Waals surface area contributed by atoms with Crippen molar-refractivity contribution in [1.82, 2.24) is 0 Å². The molecule has 0 spiro atoms. The van der Waals surface area contributed by atoms with Gasteiger partial charge in [-0.2, -0.15) is 0 Å². The molecule has 1 aliphatic rings. The van der Waals surface area contributed by atoms with Crippen molar-refractivity contribution in [1.29, 1.82) is 0 Å². The molecule has 1 aliphatic carbocycles. The van der Waals surface area contributed by atoms with Crippen molar-refractivity contribution in [3.05, 3.63) is 12.2 Å². The first-order chi connectivity index (χ1) is 5.39. The summed E-state index contributed by atoms with van der Waals surface area (Å²) in [5.41, 5.74) is 0. The van der Waals surface area contributed by atoms with Crippen LogP contribution < -0.4 is 0 Å². The summed E-state index contributed by atoms with van der Waals surface area (Å²) in [4.78, 5) is 0. The van der Waals surface area contributed by atoms with E-state index in [4.69, 9.17) is 0 Å². The van der Waals surface area contributed by atoms with Gasteiger partial charge in [0, 0.05) is 0 Å². The van der Waals surface area contributed by atoms with E-state index in [-0.39, 0.29) is 0 Å². The van der Waals surface area contributed by atoms with Gasteiger partial charge in [-0.1, -0.05) is 37.8 Å². The molecule has 0 radical (unpaired) electrons. The first-order valence-electron chi connectivity index (χ1n) is 4.70. The lowest BCUT2D eigenvalue weighted by Gasteiger charge is -2.05. The fourth-order valence-electron chi connectivity index (χ4n) is 1.47. The molecule has 1 unspecified atom stereocenters. The first kappa shape index (κ1) is 8.76. The van der Waals surface area contributed by atoms with Crippen molar-refractivity contribution in [2.45, 2.75) is 51.1 Å². The van der Waals surface area contributed by atoms with E-state index < -0.39 is 6.17 Å². The van der Waals surface area contributed by atoms with Crippen LogP contribution >= 0.6 is 0 Å². The number of hydrogen-bond donors (Lipinski definition) is 0. The Morgan fingerprint density at radius 1 is 1.00 bits per heavy atom. The van der Waals surface area contributed by atoms with Gasteiger partial charge in [0.25, 0.3) is 0 Å². The minimum atomic E-state index is -0.673. The molecule has 0 nitrogen and oxygen atoms in total. The fraction of sp³-hybridized carbons (Fsp3) is 0.800. The summed E-state index contributed by atoms with van der Waals surface area (Å²) in [5.74, 6) is 0. The van der Waals surface area contributed by atoms with Crippen LogP contribution in [0.15, 0.2) is 12.2 Å². The number of allylic oxidation sites excluding steroid dienone is 2. The van der Waals surface area contributed by atoms with Gasteiger partial charge in [0.2, 0.25) is 0 Å². The summed E-state index contributed by atoms with van der Waals surface area (Å²) < 4.78 is 12.9. The summed E-state index contributed by atoms with van der Waals surface area (Å²) in [6.07, 6.45) is 11.0. The van der Waals surface area contributed by atoms with E-state index in [1.807, 2.05) is 6.08 Å². The van der Waals surface area contributed by atoms with Crippen molar-refractivity contribution < 1.29 is 4.39 Å². The maximum Gasteiger partial charge on any atom is 0.118 e. The third-order valence-electron chi connectivity index (χ3n) is 2.20. The van der Waals surface area contributed by atoms with E-state index in [0.29, 0.717) is 0 Å². The Morgan fingerprint density at radius 3 is 2.64 bits per heavy atom. The van der Waals surface area contributed by atoms with Crippen molar-refractivity contribution >= 4 is 0 Å². The van der Waals surface area contributed by atoms with Gasteiger partial charge >= 0.3 is 0 Å². The van der Waals surface area contributed by atoms with E-state index in [1.54, 1.807) is 6.08 Å². The van der Waals surface area contributed by atoms with Crippen LogP contribution in [0.2, 0.25) is 0 Å². The summed E-state index contributed by atoms with van der Waals surface area (Å²) in [6.45, 7) is 0. The molecule has 0 aliphatic heterocycles. The quantitative estimate of drug-likeness (QED) is 0.470. The Balaban J connectivity index is 2.26. The van der Waals surface area contributed by atoms with E-state index in [1.165, 1.54) is 25.7 Å². The zero-order valence-corrected chi connectivity index (χ0v) is 7.06. The summed E-state index contributed by atoms with van der Waals surface area (Å²) >= 11 is 0. The highest BCUT2D eigenvalue weighted by Gasteiger charge is 2.01. The number of halogens is 1. The molecule has 0 saturated carbocycles. The molecule has 0 saturated heterocycles. The zero-order valence-electron chi connectivity index (χ0n) is 7.06. The van der Waals surface area contributed by atoms with Crippen molar-refractivity contribution in [3.63, 3.8) is 0 Å². The molecule has 1 atom stereocenters. The molecule has 0 fully saturated rings.